The van der Waals surface area contributed by atoms with Crippen LogP contribution in [0.2, 0.25) is 0 Å². The van der Waals surface area contributed by atoms with Crippen molar-refractivity contribution in [2.75, 3.05) is 25.5 Å². The van der Waals surface area contributed by atoms with Gasteiger partial charge in [0.1, 0.15) is 5.75 Å². The number of amides is 1. The summed E-state index contributed by atoms with van der Waals surface area (Å²) in [5, 5.41) is 3.50. The molecular weight excluding hydrogens is 290 g/mol. The molecule has 5 nitrogen and oxygen atoms in total. The number of anilines is 1. The number of methoxy groups -OCH3 is 1. The summed E-state index contributed by atoms with van der Waals surface area (Å²) in [7, 11) is 1.66. The van der Waals surface area contributed by atoms with Gasteiger partial charge >= 0.3 is 0 Å². The van der Waals surface area contributed by atoms with Gasteiger partial charge in [0.2, 0.25) is 0 Å². The zero-order valence-corrected chi connectivity index (χ0v) is 13.2. The predicted octanol–water partition coefficient (Wildman–Crippen LogP) is 2.81. The maximum absolute atomic E-state index is 12.5. The fraction of sp³-hybridized carbons (Fsp3) is 0.333. The molecule has 1 saturated heterocycles. The summed E-state index contributed by atoms with van der Waals surface area (Å²) in [6, 6.07) is 11.7. The lowest BCUT2D eigenvalue weighted by Gasteiger charge is -2.33. The Morgan fingerprint density at radius 2 is 2.13 bits per heavy atom. The highest BCUT2D eigenvalue weighted by molar-refractivity contribution is 5.94. The van der Waals surface area contributed by atoms with Crippen LogP contribution in [0.4, 0.5) is 5.69 Å². The summed E-state index contributed by atoms with van der Waals surface area (Å²) in [4.78, 5) is 18.5. The second-order valence-electron chi connectivity index (χ2n) is 5.70. The number of ether oxygens (including phenoxy) is 1. The maximum Gasteiger partial charge on any atom is 0.255 e. The van der Waals surface area contributed by atoms with E-state index < -0.39 is 0 Å². The van der Waals surface area contributed by atoms with Crippen molar-refractivity contribution in [2.24, 2.45) is 0 Å². The average molecular weight is 311 g/mol. The van der Waals surface area contributed by atoms with Crippen molar-refractivity contribution in [3.05, 3.63) is 54.4 Å². The summed E-state index contributed by atoms with van der Waals surface area (Å²) in [6.07, 6.45) is 5.37. The van der Waals surface area contributed by atoms with Crippen molar-refractivity contribution in [3.63, 3.8) is 0 Å². The molecule has 1 N–H and O–H groups in total. The molecule has 1 aromatic heterocycles. The molecule has 0 radical (unpaired) electrons. The Kier molecular flexibility index (Phi) is 4.76. The number of likely N-dealkylation sites (tertiary alicyclic amines) is 1. The lowest BCUT2D eigenvalue weighted by Crippen LogP contribution is -2.45. The summed E-state index contributed by atoms with van der Waals surface area (Å²) < 4.78 is 5.17. The number of benzene rings is 1. The molecule has 1 aliphatic rings. The standard InChI is InChI=1S/C18H21N3O2/c1-23-17-8-6-15(7-9-17)20-16-5-3-11-21(13-16)18(22)14-4-2-10-19-12-14/h2,4,6-10,12,16,20H,3,5,11,13H2,1H3/t16-/m0/s1. The molecule has 120 valence electrons. The van der Waals surface area contributed by atoms with Gasteiger partial charge in [-0.1, -0.05) is 0 Å². The van der Waals surface area contributed by atoms with E-state index >= 15 is 0 Å². The van der Waals surface area contributed by atoms with Crippen molar-refractivity contribution >= 4 is 11.6 Å². The SMILES string of the molecule is COc1ccc(N[C@H]2CCCN(C(=O)c3cccnc3)C2)cc1. The monoisotopic (exact) mass is 311 g/mol. The van der Waals surface area contributed by atoms with Gasteiger partial charge in [-0.25, -0.2) is 0 Å². The lowest BCUT2D eigenvalue weighted by atomic mass is 10.0. The first-order valence-corrected chi connectivity index (χ1v) is 7.86. The number of hydrogen-bond acceptors (Lipinski definition) is 4. The van der Waals surface area contributed by atoms with Gasteiger partial charge in [-0.15, -0.1) is 0 Å². The van der Waals surface area contributed by atoms with Crippen LogP contribution in [0, 0.1) is 0 Å². The molecule has 0 saturated carbocycles. The zero-order chi connectivity index (χ0) is 16.1. The third-order valence-electron chi connectivity index (χ3n) is 4.08. The molecule has 0 unspecified atom stereocenters. The summed E-state index contributed by atoms with van der Waals surface area (Å²) in [5.41, 5.74) is 1.70. The highest BCUT2D eigenvalue weighted by Gasteiger charge is 2.24. The van der Waals surface area contributed by atoms with Crippen molar-refractivity contribution < 1.29 is 9.53 Å². The molecule has 1 fully saturated rings. The number of pyridine rings is 1. The van der Waals surface area contributed by atoms with Gasteiger partial charge in [-0.3, -0.25) is 9.78 Å². The smallest absolute Gasteiger partial charge is 0.255 e. The number of rotatable bonds is 4. The number of nitrogens with zero attached hydrogens (tertiary/aromatic N) is 2. The Balaban J connectivity index is 1.62. The Morgan fingerprint density at radius 1 is 1.30 bits per heavy atom. The van der Waals surface area contributed by atoms with E-state index in [1.165, 1.54) is 0 Å². The Bertz CT molecular complexity index is 643. The molecule has 1 aliphatic heterocycles. The van der Waals surface area contributed by atoms with Crippen molar-refractivity contribution in [1.29, 1.82) is 0 Å². The highest BCUT2D eigenvalue weighted by Crippen LogP contribution is 2.20. The third kappa shape index (κ3) is 3.80. The molecule has 1 atom stereocenters. The van der Waals surface area contributed by atoms with Crippen LogP contribution in [-0.4, -0.2) is 42.0 Å². The molecular formula is C18H21N3O2. The Labute approximate surface area is 136 Å². The largest absolute Gasteiger partial charge is 0.497 e. The van der Waals surface area contributed by atoms with Crippen LogP contribution in [0.5, 0.6) is 5.75 Å². The zero-order valence-electron chi connectivity index (χ0n) is 13.2. The minimum Gasteiger partial charge on any atom is -0.497 e. The molecule has 2 aromatic rings. The Hall–Kier alpha value is -2.56. The van der Waals surface area contributed by atoms with E-state index in [1.54, 1.807) is 25.6 Å². The summed E-state index contributed by atoms with van der Waals surface area (Å²) in [6.45, 7) is 1.51. The van der Waals surface area contributed by atoms with E-state index in [4.69, 9.17) is 4.74 Å². The van der Waals surface area contributed by atoms with Gasteiger partial charge in [-0.2, -0.15) is 0 Å². The van der Waals surface area contributed by atoms with E-state index in [-0.39, 0.29) is 11.9 Å². The van der Waals surface area contributed by atoms with Gasteiger partial charge in [0.25, 0.3) is 5.91 Å². The van der Waals surface area contributed by atoms with Crippen LogP contribution in [-0.2, 0) is 0 Å². The third-order valence-corrected chi connectivity index (χ3v) is 4.08. The predicted molar refractivity (Wildman–Crippen MR) is 89.8 cm³/mol. The molecule has 3 rings (SSSR count). The fourth-order valence-corrected chi connectivity index (χ4v) is 2.87. The molecule has 0 bridgehead atoms. The van der Waals surface area contributed by atoms with Crippen LogP contribution in [0.25, 0.3) is 0 Å². The van der Waals surface area contributed by atoms with E-state index in [9.17, 15) is 4.79 Å². The van der Waals surface area contributed by atoms with Gasteiger partial charge in [-0.05, 0) is 49.2 Å². The summed E-state index contributed by atoms with van der Waals surface area (Å²) >= 11 is 0. The average Bonchev–Trinajstić information content (AvgIpc) is 2.63. The second kappa shape index (κ2) is 7.13. The molecule has 5 heteroatoms. The minimum atomic E-state index is 0.0549. The number of nitrogens with one attached hydrogen (secondary N) is 1. The topological polar surface area (TPSA) is 54.5 Å². The number of aromatic nitrogens is 1. The highest BCUT2D eigenvalue weighted by atomic mass is 16.5. The molecule has 0 spiro atoms. The first kappa shape index (κ1) is 15.3. The van der Waals surface area contributed by atoms with Crippen LogP contribution in [0.15, 0.2) is 48.8 Å². The van der Waals surface area contributed by atoms with E-state index in [0.717, 1.165) is 30.8 Å². The van der Waals surface area contributed by atoms with Gasteiger partial charge in [0.05, 0.1) is 12.7 Å². The first-order valence-electron chi connectivity index (χ1n) is 7.86. The number of piperidine rings is 1. The maximum atomic E-state index is 12.5. The van der Waals surface area contributed by atoms with E-state index in [2.05, 4.69) is 10.3 Å². The van der Waals surface area contributed by atoms with Crippen molar-refractivity contribution in [3.8, 4) is 5.75 Å². The molecule has 0 aliphatic carbocycles. The normalized spacial score (nSPS) is 17.6. The summed E-state index contributed by atoms with van der Waals surface area (Å²) in [5.74, 6) is 0.895. The quantitative estimate of drug-likeness (QED) is 0.943. The number of hydrogen-bond donors (Lipinski definition) is 1. The second-order valence-corrected chi connectivity index (χ2v) is 5.70. The van der Waals surface area contributed by atoms with Crippen molar-refractivity contribution in [1.82, 2.24) is 9.88 Å². The van der Waals surface area contributed by atoms with Crippen molar-refractivity contribution in [2.45, 2.75) is 18.9 Å². The lowest BCUT2D eigenvalue weighted by molar-refractivity contribution is 0.0714. The molecule has 1 amide bonds. The van der Waals surface area contributed by atoms with Crippen LogP contribution < -0.4 is 10.1 Å². The number of carbonyl (C=O) groups is 1. The first-order chi connectivity index (χ1) is 11.3. The molecule has 2 heterocycles. The number of carbonyl (C=O) groups excluding carboxylic acids is 1. The van der Waals surface area contributed by atoms with Gasteiger partial charge in [0.15, 0.2) is 0 Å². The van der Waals surface area contributed by atoms with Gasteiger partial charge in [0, 0.05) is 37.2 Å². The Morgan fingerprint density at radius 3 is 2.83 bits per heavy atom. The van der Waals surface area contributed by atoms with Crippen LogP contribution >= 0.6 is 0 Å². The van der Waals surface area contributed by atoms with Crippen LogP contribution in [0.1, 0.15) is 23.2 Å². The van der Waals surface area contributed by atoms with Crippen LogP contribution in [0.3, 0.4) is 0 Å². The molecule has 23 heavy (non-hydrogen) atoms. The van der Waals surface area contributed by atoms with E-state index in [0.29, 0.717) is 12.1 Å². The van der Waals surface area contributed by atoms with Gasteiger partial charge < -0.3 is 15.0 Å². The van der Waals surface area contributed by atoms with E-state index in [1.807, 2.05) is 35.2 Å². The fourth-order valence-electron chi connectivity index (χ4n) is 2.87. The minimum absolute atomic E-state index is 0.0549. The molecule has 1 aromatic carbocycles.